The number of carbonyl (C=O) groups excluding carboxylic acids is 3. The van der Waals surface area contributed by atoms with Crippen LogP contribution in [0.15, 0.2) is 69.1 Å². The maximum Gasteiger partial charge on any atom is 0.335 e. The lowest BCUT2D eigenvalue weighted by molar-refractivity contribution is -0.149. The Morgan fingerprint density at radius 3 is 2.04 bits per heavy atom. The number of nitrogens with one attached hydrogen (secondary N) is 3. The van der Waals surface area contributed by atoms with Crippen LogP contribution in [0.3, 0.4) is 0 Å². The van der Waals surface area contributed by atoms with Gasteiger partial charge in [0.2, 0.25) is 0 Å². The first kappa shape index (κ1) is 41.1. The monoisotopic (exact) mass is 771 g/mol. The van der Waals surface area contributed by atoms with E-state index in [0.29, 0.717) is 35.0 Å². The number of benzene rings is 3. The smallest absolute Gasteiger partial charge is 0.335 e. The van der Waals surface area contributed by atoms with Crippen LogP contribution < -0.4 is 26.6 Å². The van der Waals surface area contributed by atoms with Crippen molar-refractivity contribution in [2.75, 3.05) is 4.72 Å². The third kappa shape index (κ3) is 9.25. The molecular weight excluding hydrogens is 731 g/mol. The molecule has 13 nitrogen and oxygen atoms in total. The maximum atomic E-state index is 15.3. The predicted molar refractivity (Wildman–Crippen MR) is 194 cm³/mol. The number of hydrogen-bond acceptors (Lipinski definition) is 8. The molecule has 4 rings (SSSR count). The number of anilines is 1. The SMILES string of the molecule is Cc1c(C)n(C)c(=O)n(-c2ccc(C[C@H](NC(=O)c3cc(F)c(NS(=O)(=O)c4ccc(C(=O)NC(C)(C)C)c(F)c4)cc3F)C(=O)OC(C)C)cc2)c1=O. The number of sulfonamides is 1. The number of hydrogen-bond donors (Lipinski definition) is 3. The summed E-state index contributed by atoms with van der Waals surface area (Å²) in [6, 6.07) is 7.76. The Labute approximate surface area is 309 Å². The lowest BCUT2D eigenvalue weighted by atomic mass is 10.0. The molecule has 0 aliphatic carbocycles. The van der Waals surface area contributed by atoms with Crippen LogP contribution in [0.25, 0.3) is 5.69 Å². The molecule has 17 heteroatoms. The van der Waals surface area contributed by atoms with Crippen molar-refractivity contribution in [1.82, 2.24) is 19.8 Å². The van der Waals surface area contributed by atoms with E-state index in [0.717, 1.165) is 16.7 Å². The van der Waals surface area contributed by atoms with Gasteiger partial charge in [-0.1, -0.05) is 12.1 Å². The van der Waals surface area contributed by atoms with E-state index in [1.54, 1.807) is 48.5 Å². The quantitative estimate of drug-likeness (QED) is 0.190. The number of amides is 2. The molecule has 1 atom stereocenters. The molecule has 54 heavy (non-hydrogen) atoms. The lowest BCUT2D eigenvalue weighted by Gasteiger charge is -2.20. The summed E-state index contributed by atoms with van der Waals surface area (Å²) in [5.74, 6) is -6.86. The van der Waals surface area contributed by atoms with Gasteiger partial charge in [0.05, 0.1) is 33.5 Å². The van der Waals surface area contributed by atoms with Gasteiger partial charge in [0.15, 0.2) is 0 Å². The van der Waals surface area contributed by atoms with Crippen LogP contribution in [0.5, 0.6) is 0 Å². The summed E-state index contributed by atoms with van der Waals surface area (Å²) in [4.78, 5) is 63.7. The minimum absolute atomic E-state index is 0.202. The summed E-state index contributed by atoms with van der Waals surface area (Å²) in [5, 5.41) is 4.87. The Kier molecular flexibility index (Phi) is 11.9. The van der Waals surface area contributed by atoms with Gasteiger partial charge in [-0.15, -0.1) is 0 Å². The molecule has 288 valence electrons. The van der Waals surface area contributed by atoms with Crippen LogP contribution in [-0.2, 0) is 33.0 Å². The van der Waals surface area contributed by atoms with Crippen molar-refractivity contribution in [2.45, 2.75) is 77.5 Å². The molecule has 0 aliphatic heterocycles. The van der Waals surface area contributed by atoms with Gasteiger partial charge in [0, 0.05) is 36.3 Å². The second-order valence-corrected chi connectivity index (χ2v) is 15.5. The van der Waals surface area contributed by atoms with E-state index in [4.69, 9.17) is 4.74 Å². The topological polar surface area (TPSA) is 175 Å². The van der Waals surface area contributed by atoms with E-state index in [-0.39, 0.29) is 12.1 Å². The van der Waals surface area contributed by atoms with E-state index in [2.05, 4.69) is 10.6 Å². The molecule has 0 unspecified atom stereocenters. The zero-order chi connectivity index (χ0) is 40.4. The highest BCUT2D eigenvalue weighted by atomic mass is 32.2. The number of nitrogens with zero attached hydrogens (tertiary/aromatic N) is 2. The van der Waals surface area contributed by atoms with Crippen molar-refractivity contribution >= 4 is 33.5 Å². The van der Waals surface area contributed by atoms with Crippen LogP contribution >= 0.6 is 0 Å². The second-order valence-electron chi connectivity index (χ2n) is 13.8. The highest BCUT2D eigenvalue weighted by molar-refractivity contribution is 7.92. The first-order valence-electron chi connectivity index (χ1n) is 16.5. The van der Waals surface area contributed by atoms with Gasteiger partial charge in [0.1, 0.15) is 23.5 Å². The van der Waals surface area contributed by atoms with Gasteiger partial charge in [0.25, 0.3) is 27.4 Å². The first-order chi connectivity index (χ1) is 25.0. The second kappa shape index (κ2) is 15.7. The number of aromatic nitrogens is 2. The van der Waals surface area contributed by atoms with Crippen LogP contribution in [0, 0.1) is 31.3 Å². The first-order valence-corrected chi connectivity index (χ1v) is 18.0. The number of esters is 1. The van der Waals surface area contributed by atoms with E-state index >= 15 is 8.78 Å². The fraction of sp³-hybridized carbons (Fsp3) is 0.324. The van der Waals surface area contributed by atoms with Gasteiger partial charge in [-0.05, 0) is 90.4 Å². The van der Waals surface area contributed by atoms with E-state index in [1.807, 2.05) is 4.72 Å². The number of ether oxygens (including phenoxy) is 1. The molecule has 0 saturated carbocycles. The molecular formula is C37H40F3N5O8S. The zero-order valence-electron chi connectivity index (χ0n) is 30.8. The zero-order valence-corrected chi connectivity index (χ0v) is 31.6. The number of halogens is 3. The molecule has 0 fully saturated rings. The molecule has 0 radical (unpaired) electrons. The fourth-order valence-electron chi connectivity index (χ4n) is 5.20. The molecule has 2 amide bonds. The van der Waals surface area contributed by atoms with E-state index < -0.39 is 95.9 Å². The molecule has 0 aliphatic rings. The maximum absolute atomic E-state index is 15.3. The number of carbonyl (C=O) groups is 3. The molecule has 3 N–H and O–H groups in total. The highest BCUT2D eigenvalue weighted by Gasteiger charge is 2.28. The van der Waals surface area contributed by atoms with Gasteiger partial charge >= 0.3 is 11.7 Å². The van der Waals surface area contributed by atoms with Gasteiger partial charge in [-0.2, -0.15) is 0 Å². The average molecular weight is 772 g/mol. The van der Waals surface area contributed by atoms with Crippen molar-refractivity contribution in [3.05, 3.63) is 121 Å². The normalized spacial score (nSPS) is 12.3. The van der Waals surface area contributed by atoms with Crippen molar-refractivity contribution < 1.29 is 40.7 Å². The standard InChI is InChI=1S/C37H40F3N5O8S/c1-19(2)53-35(49)31(15-22-9-11-23(12-10-22)45-34(48)20(3)21(4)44(8)36(45)50)41-32(46)26-17-29(40)30(18-28(26)39)43-54(51,52)24-13-14-25(27(38)16-24)33(47)42-37(5,6)7/h9-14,16-19,31,43H,15H2,1-8H3,(H,41,46)(H,42,47)/t31-/m0/s1. The summed E-state index contributed by atoms with van der Waals surface area (Å²) >= 11 is 0. The molecule has 1 aromatic heterocycles. The predicted octanol–water partition coefficient (Wildman–Crippen LogP) is 4.19. The molecule has 4 aromatic rings. The summed E-state index contributed by atoms with van der Waals surface area (Å²) in [6.07, 6.45) is -0.814. The minimum Gasteiger partial charge on any atom is -0.461 e. The lowest BCUT2D eigenvalue weighted by Crippen LogP contribution is -2.44. The molecule has 0 saturated heterocycles. The highest BCUT2D eigenvalue weighted by Crippen LogP contribution is 2.25. The van der Waals surface area contributed by atoms with E-state index in [1.165, 1.54) is 35.9 Å². The molecule has 1 heterocycles. The van der Waals surface area contributed by atoms with Crippen LogP contribution in [0.2, 0.25) is 0 Å². The van der Waals surface area contributed by atoms with Gasteiger partial charge in [-0.3, -0.25) is 19.1 Å². The summed E-state index contributed by atoms with van der Waals surface area (Å²) in [7, 11) is -3.19. The van der Waals surface area contributed by atoms with Crippen molar-refractivity contribution in [2.24, 2.45) is 7.05 Å². The Morgan fingerprint density at radius 1 is 0.852 bits per heavy atom. The van der Waals surface area contributed by atoms with E-state index in [9.17, 15) is 36.8 Å². The fourth-order valence-corrected chi connectivity index (χ4v) is 6.27. The summed E-state index contributed by atoms with van der Waals surface area (Å²) < 4.78 is 80.6. The van der Waals surface area contributed by atoms with Crippen molar-refractivity contribution in [3.63, 3.8) is 0 Å². The Morgan fingerprint density at radius 2 is 1.46 bits per heavy atom. The van der Waals surface area contributed by atoms with Crippen molar-refractivity contribution in [1.29, 1.82) is 0 Å². The largest absolute Gasteiger partial charge is 0.461 e. The van der Waals surface area contributed by atoms with Crippen LogP contribution in [0.4, 0.5) is 18.9 Å². The minimum atomic E-state index is -4.72. The Balaban J connectivity index is 1.56. The molecule has 0 spiro atoms. The van der Waals surface area contributed by atoms with Gasteiger partial charge < -0.3 is 19.9 Å². The van der Waals surface area contributed by atoms with Crippen LogP contribution in [0.1, 0.15) is 72.2 Å². The Hall–Kier alpha value is -5.71. The summed E-state index contributed by atoms with van der Waals surface area (Å²) in [6.45, 7) is 11.4. The number of rotatable bonds is 11. The van der Waals surface area contributed by atoms with Gasteiger partial charge in [-0.25, -0.2) is 35.7 Å². The van der Waals surface area contributed by atoms with Crippen LogP contribution in [-0.4, -0.2) is 53.0 Å². The average Bonchev–Trinajstić information content (AvgIpc) is 3.07. The molecule has 0 bridgehead atoms. The Bertz CT molecular complexity index is 2330. The third-order valence-corrected chi connectivity index (χ3v) is 9.52. The third-order valence-electron chi connectivity index (χ3n) is 8.15. The summed E-state index contributed by atoms with van der Waals surface area (Å²) in [5.41, 5.74) is -2.44. The molecule has 3 aromatic carbocycles. The van der Waals surface area contributed by atoms with Crippen molar-refractivity contribution in [3.8, 4) is 5.69 Å².